The molecule has 0 saturated carbocycles. The van der Waals surface area contributed by atoms with Crippen LogP contribution in [-0.4, -0.2) is 28.5 Å². The van der Waals surface area contributed by atoms with Crippen molar-refractivity contribution in [3.63, 3.8) is 0 Å². The van der Waals surface area contributed by atoms with E-state index in [2.05, 4.69) is 10.3 Å². The number of fused-ring (bicyclic) bond motifs is 1. The molecule has 0 aliphatic carbocycles. The minimum Gasteiger partial charge on any atom is -0.481 e. The molecule has 0 spiro atoms. The molecule has 0 radical (unpaired) electrons. The molecule has 5 nitrogen and oxygen atoms in total. The number of aromatic nitrogens is 1. The van der Waals surface area contributed by atoms with Crippen LogP contribution in [-0.2, 0) is 16.0 Å². The lowest BCUT2D eigenvalue weighted by Crippen LogP contribution is -2.30. The second-order valence-electron chi connectivity index (χ2n) is 4.48. The zero-order valence-electron chi connectivity index (χ0n) is 10.4. The number of carboxylic acids is 1. The van der Waals surface area contributed by atoms with Gasteiger partial charge in [-0.1, -0.05) is 18.2 Å². The van der Waals surface area contributed by atoms with Crippen LogP contribution in [0, 0.1) is 0 Å². The van der Waals surface area contributed by atoms with Crippen molar-refractivity contribution in [2.45, 2.75) is 25.3 Å². The molecule has 5 heteroatoms. The van der Waals surface area contributed by atoms with E-state index in [1.54, 1.807) is 0 Å². The first-order valence-electron chi connectivity index (χ1n) is 6.17. The Bertz CT molecular complexity index is 577. The van der Waals surface area contributed by atoms with Gasteiger partial charge in [-0.25, -0.2) is 0 Å². The molecule has 1 aromatic heterocycles. The van der Waals surface area contributed by atoms with Crippen molar-refractivity contribution in [1.82, 2.24) is 10.3 Å². The maximum Gasteiger partial charge on any atom is 0.303 e. The van der Waals surface area contributed by atoms with Gasteiger partial charge in [0.15, 0.2) is 0 Å². The van der Waals surface area contributed by atoms with Crippen LogP contribution < -0.4 is 5.32 Å². The molecule has 0 aliphatic rings. The number of para-hydroxylation sites is 1. The largest absolute Gasteiger partial charge is 0.481 e. The first kappa shape index (κ1) is 13.1. The van der Waals surface area contributed by atoms with E-state index in [-0.39, 0.29) is 12.5 Å². The molecule has 2 rings (SSSR count). The summed E-state index contributed by atoms with van der Waals surface area (Å²) in [7, 11) is 0. The molecule has 19 heavy (non-hydrogen) atoms. The van der Waals surface area contributed by atoms with Gasteiger partial charge in [-0.2, -0.15) is 0 Å². The molecule has 0 bridgehead atoms. The highest BCUT2D eigenvalue weighted by Gasteiger charge is 2.12. The number of aliphatic carboxylic acids is 1. The van der Waals surface area contributed by atoms with E-state index in [9.17, 15) is 9.59 Å². The summed E-state index contributed by atoms with van der Waals surface area (Å²) >= 11 is 0. The first-order chi connectivity index (χ1) is 9.20. The van der Waals surface area contributed by atoms with Crippen LogP contribution >= 0.6 is 0 Å². The Morgan fingerprint density at radius 1 is 1.42 bits per heavy atom. The lowest BCUT2D eigenvalue weighted by atomic mass is 10.00. The summed E-state index contributed by atoms with van der Waals surface area (Å²) in [5.41, 5.74) is 2.11. The van der Waals surface area contributed by atoms with Crippen LogP contribution in [0.3, 0.4) is 0 Å². The molecular weight excluding hydrogens is 244 g/mol. The molecule has 1 atom stereocenters. The Balaban J connectivity index is 2.13. The number of rotatable bonds is 7. The summed E-state index contributed by atoms with van der Waals surface area (Å²) in [6, 6.07) is 7.77. The highest BCUT2D eigenvalue weighted by molar-refractivity contribution is 5.82. The Hall–Kier alpha value is -2.30. The van der Waals surface area contributed by atoms with Crippen molar-refractivity contribution in [2.24, 2.45) is 0 Å². The fourth-order valence-electron chi connectivity index (χ4n) is 2.22. The number of H-pyrrole nitrogens is 1. The molecule has 0 fully saturated rings. The molecule has 1 unspecified atom stereocenters. The van der Waals surface area contributed by atoms with Crippen LogP contribution in [0.5, 0.6) is 0 Å². The number of aromatic amines is 1. The zero-order valence-corrected chi connectivity index (χ0v) is 10.4. The highest BCUT2D eigenvalue weighted by Crippen LogP contribution is 2.19. The predicted octanol–water partition coefficient (Wildman–Crippen LogP) is 1.69. The monoisotopic (exact) mass is 260 g/mol. The number of nitrogens with one attached hydrogen (secondary N) is 2. The predicted molar refractivity (Wildman–Crippen MR) is 71.9 cm³/mol. The third-order valence-electron chi connectivity index (χ3n) is 3.15. The Morgan fingerprint density at radius 2 is 2.26 bits per heavy atom. The van der Waals surface area contributed by atoms with Gasteiger partial charge >= 0.3 is 5.97 Å². The van der Waals surface area contributed by atoms with Crippen molar-refractivity contribution < 1.29 is 14.7 Å². The molecule has 0 aliphatic heterocycles. The fourth-order valence-corrected chi connectivity index (χ4v) is 2.22. The average Bonchev–Trinajstić information content (AvgIpc) is 2.85. The summed E-state index contributed by atoms with van der Waals surface area (Å²) in [5.74, 6) is -0.851. The lowest BCUT2D eigenvalue weighted by Gasteiger charge is -2.15. The van der Waals surface area contributed by atoms with Crippen LogP contribution in [0.1, 0.15) is 18.4 Å². The van der Waals surface area contributed by atoms with E-state index in [1.807, 2.05) is 30.5 Å². The van der Waals surface area contributed by atoms with Gasteiger partial charge in [0.1, 0.15) is 0 Å². The maximum absolute atomic E-state index is 10.6. The second kappa shape index (κ2) is 6.04. The standard InChI is InChI=1S/C14H16N2O3/c17-9-16-12(4-5-13(18)19)8-11-3-1-2-10-6-7-15-14(10)11/h1-3,6-7,9,12,15H,4-5,8H2,(H,16,17)(H,18,19). The first-order valence-corrected chi connectivity index (χ1v) is 6.17. The second-order valence-corrected chi connectivity index (χ2v) is 4.48. The van der Waals surface area contributed by atoms with Crippen LogP contribution in [0.25, 0.3) is 10.9 Å². The number of carbonyl (C=O) groups is 2. The topological polar surface area (TPSA) is 82.2 Å². The van der Waals surface area contributed by atoms with Crippen molar-refractivity contribution in [3.8, 4) is 0 Å². The van der Waals surface area contributed by atoms with Gasteiger partial charge < -0.3 is 15.4 Å². The highest BCUT2D eigenvalue weighted by atomic mass is 16.4. The van der Waals surface area contributed by atoms with Gasteiger partial charge in [0.25, 0.3) is 0 Å². The molecule has 3 N–H and O–H groups in total. The third kappa shape index (κ3) is 3.34. The summed E-state index contributed by atoms with van der Waals surface area (Å²) in [5, 5.41) is 12.5. The smallest absolute Gasteiger partial charge is 0.303 e. The van der Waals surface area contributed by atoms with Crippen LogP contribution in [0.15, 0.2) is 30.5 Å². The number of carbonyl (C=O) groups excluding carboxylic acids is 1. The SMILES string of the molecule is O=CNC(CCC(=O)O)Cc1cccc2cc[nH]c12. The number of benzene rings is 1. The van der Waals surface area contributed by atoms with Crippen LogP contribution in [0.4, 0.5) is 0 Å². The van der Waals surface area contributed by atoms with E-state index < -0.39 is 5.97 Å². The van der Waals surface area contributed by atoms with Gasteiger partial charge in [-0.15, -0.1) is 0 Å². The van der Waals surface area contributed by atoms with Crippen LogP contribution in [0.2, 0.25) is 0 Å². The minimum absolute atomic E-state index is 0.0478. The Morgan fingerprint density at radius 3 is 3.00 bits per heavy atom. The summed E-state index contributed by atoms with van der Waals surface area (Å²) < 4.78 is 0. The minimum atomic E-state index is -0.851. The Labute approximate surface area is 110 Å². The summed E-state index contributed by atoms with van der Waals surface area (Å²) in [6.07, 6.45) is 3.58. The van der Waals surface area contributed by atoms with E-state index in [0.29, 0.717) is 19.3 Å². The lowest BCUT2D eigenvalue weighted by molar-refractivity contribution is -0.137. The van der Waals surface area contributed by atoms with Gasteiger partial charge in [0, 0.05) is 24.2 Å². The van der Waals surface area contributed by atoms with E-state index in [0.717, 1.165) is 16.5 Å². The van der Waals surface area contributed by atoms with E-state index >= 15 is 0 Å². The molecule has 1 aromatic carbocycles. The number of hydrogen-bond acceptors (Lipinski definition) is 2. The zero-order chi connectivity index (χ0) is 13.7. The van der Waals surface area contributed by atoms with Crippen molar-refractivity contribution in [3.05, 3.63) is 36.0 Å². The third-order valence-corrected chi connectivity index (χ3v) is 3.15. The average molecular weight is 260 g/mol. The number of carboxylic acid groups (broad SMARTS) is 1. The number of amides is 1. The Kier molecular flexibility index (Phi) is 4.18. The normalized spacial score (nSPS) is 12.2. The van der Waals surface area contributed by atoms with E-state index in [4.69, 9.17) is 5.11 Å². The van der Waals surface area contributed by atoms with Gasteiger partial charge in [0.2, 0.25) is 6.41 Å². The molecular formula is C14H16N2O3. The quantitative estimate of drug-likeness (QED) is 0.662. The van der Waals surface area contributed by atoms with Gasteiger partial charge in [-0.05, 0) is 29.9 Å². The van der Waals surface area contributed by atoms with Gasteiger partial charge in [0.05, 0.1) is 0 Å². The van der Waals surface area contributed by atoms with Gasteiger partial charge in [-0.3, -0.25) is 9.59 Å². The molecule has 1 heterocycles. The van der Waals surface area contributed by atoms with E-state index in [1.165, 1.54) is 0 Å². The molecule has 100 valence electrons. The molecule has 2 aromatic rings. The molecule has 0 saturated heterocycles. The van der Waals surface area contributed by atoms with Crippen molar-refractivity contribution >= 4 is 23.3 Å². The maximum atomic E-state index is 10.6. The molecule has 1 amide bonds. The number of hydrogen-bond donors (Lipinski definition) is 3. The van der Waals surface area contributed by atoms with Crippen molar-refractivity contribution in [2.75, 3.05) is 0 Å². The summed E-state index contributed by atoms with van der Waals surface area (Å²) in [4.78, 5) is 24.4. The summed E-state index contributed by atoms with van der Waals surface area (Å²) in [6.45, 7) is 0. The fraction of sp³-hybridized carbons (Fsp3) is 0.286. The van der Waals surface area contributed by atoms with Crippen molar-refractivity contribution in [1.29, 1.82) is 0 Å².